The van der Waals surface area contributed by atoms with Crippen molar-refractivity contribution in [2.75, 3.05) is 13.7 Å². The van der Waals surface area contributed by atoms with Crippen molar-refractivity contribution in [2.45, 2.75) is 65.8 Å². The Morgan fingerprint density at radius 1 is 1.40 bits per heavy atom. The number of rotatable bonds is 8. The Balaban J connectivity index is 2.61. The van der Waals surface area contributed by atoms with Crippen LogP contribution in [0.2, 0.25) is 0 Å². The van der Waals surface area contributed by atoms with Crippen molar-refractivity contribution in [1.82, 2.24) is 15.1 Å². The van der Waals surface area contributed by atoms with Crippen LogP contribution >= 0.6 is 0 Å². The van der Waals surface area contributed by atoms with Crippen molar-refractivity contribution < 1.29 is 9.84 Å². The third kappa shape index (κ3) is 4.58. The predicted molar refractivity (Wildman–Crippen MR) is 80.8 cm³/mol. The van der Waals surface area contributed by atoms with Crippen LogP contribution in [0.1, 0.15) is 44.1 Å². The van der Waals surface area contributed by atoms with Crippen LogP contribution in [0, 0.1) is 13.8 Å². The van der Waals surface area contributed by atoms with E-state index in [0.717, 1.165) is 24.4 Å². The van der Waals surface area contributed by atoms with Gasteiger partial charge < -0.3 is 15.2 Å². The van der Waals surface area contributed by atoms with Crippen LogP contribution < -0.4 is 5.32 Å². The molecule has 0 aliphatic rings. The molecule has 1 rings (SSSR count). The molecule has 0 bridgehead atoms. The maximum atomic E-state index is 9.03. The van der Waals surface area contributed by atoms with E-state index >= 15 is 0 Å². The molecule has 1 heterocycles. The first-order valence-electron chi connectivity index (χ1n) is 7.23. The molecule has 0 aliphatic heterocycles. The second-order valence-corrected chi connectivity index (χ2v) is 6.05. The second-order valence-electron chi connectivity index (χ2n) is 6.05. The molecule has 0 radical (unpaired) electrons. The van der Waals surface area contributed by atoms with E-state index in [-0.39, 0.29) is 12.2 Å². The van der Waals surface area contributed by atoms with Crippen molar-refractivity contribution >= 4 is 0 Å². The highest BCUT2D eigenvalue weighted by molar-refractivity contribution is 5.24. The Kier molecular flexibility index (Phi) is 6.17. The number of nitrogens with one attached hydrogen (secondary N) is 1. The quantitative estimate of drug-likeness (QED) is 0.763. The van der Waals surface area contributed by atoms with Crippen LogP contribution in [-0.4, -0.2) is 40.2 Å². The summed E-state index contributed by atoms with van der Waals surface area (Å²) in [7, 11) is 1.75. The summed E-state index contributed by atoms with van der Waals surface area (Å²) >= 11 is 0. The Hall–Kier alpha value is -0.910. The van der Waals surface area contributed by atoms with Gasteiger partial charge in [0, 0.05) is 31.0 Å². The maximum absolute atomic E-state index is 9.03. The molecule has 0 saturated carbocycles. The average Bonchev–Trinajstić information content (AvgIpc) is 2.62. The van der Waals surface area contributed by atoms with E-state index in [1.165, 1.54) is 5.56 Å². The zero-order valence-corrected chi connectivity index (χ0v) is 13.7. The molecule has 1 atom stereocenters. The number of nitrogens with zero attached hydrogens (tertiary/aromatic N) is 2. The monoisotopic (exact) mass is 283 g/mol. The van der Waals surface area contributed by atoms with Gasteiger partial charge in [-0.25, -0.2) is 0 Å². The molecule has 116 valence electrons. The molecule has 0 amide bonds. The average molecular weight is 283 g/mol. The molecule has 5 nitrogen and oxygen atoms in total. The van der Waals surface area contributed by atoms with Crippen molar-refractivity contribution in [3.63, 3.8) is 0 Å². The Morgan fingerprint density at radius 3 is 2.60 bits per heavy atom. The summed E-state index contributed by atoms with van der Waals surface area (Å²) in [6, 6.07) is 0.366. The fourth-order valence-corrected chi connectivity index (χ4v) is 2.47. The highest BCUT2D eigenvalue weighted by Crippen LogP contribution is 2.17. The van der Waals surface area contributed by atoms with Crippen LogP contribution in [0.15, 0.2) is 0 Å². The van der Waals surface area contributed by atoms with Gasteiger partial charge in [0.05, 0.1) is 24.4 Å². The minimum absolute atomic E-state index is 0.114. The topological polar surface area (TPSA) is 59.3 Å². The van der Waals surface area contributed by atoms with E-state index in [2.05, 4.69) is 38.1 Å². The van der Waals surface area contributed by atoms with Gasteiger partial charge in [0.2, 0.25) is 0 Å². The van der Waals surface area contributed by atoms with Crippen LogP contribution in [-0.2, 0) is 17.8 Å². The summed E-state index contributed by atoms with van der Waals surface area (Å²) in [6.45, 7) is 11.9. The Morgan fingerprint density at radius 2 is 2.05 bits per heavy atom. The lowest BCUT2D eigenvalue weighted by atomic mass is 9.99. The zero-order chi connectivity index (χ0) is 15.3. The first-order chi connectivity index (χ1) is 9.30. The van der Waals surface area contributed by atoms with Crippen LogP contribution in [0.5, 0.6) is 0 Å². The van der Waals surface area contributed by atoms with E-state index < -0.39 is 0 Å². The fraction of sp³-hybridized carbons (Fsp3) is 0.800. The fourth-order valence-electron chi connectivity index (χ4n) is 2.47. The SMILES string of the molecule is COC(C)(C)CC(C)NCc1c(C)nn(CCO)c1C. The molecule has 1 aromatic heterocycles. The van der Waals surface area contributed by atoms with Crippen molar-refractivity contribution in [1.29, 1.82) is 0 Å². The smallest absolute Gasteiger partial charge is 0.0644 e. The molecule has 0 aromatic carbocycles. The number of aliphatic hydroxyl groups excluding tert-OH is 1. The Labute approximate surface area is 122 Å². The molecule has 5 heteroatoms. The highest BCUT2D eigenvalue weighted by atomic mass is 16.5. The molecule has 1 aromatic rings. The summed E-state index contributed by atoms with van der Waals surface area (Å²) in [6.07, 6.45) is 0.951. The largest absolute Gasteiger partial charge is 0.394 e. The van der Waals surface area contributed by atoms with Crippen LogP contribution in [0.25, 0.3) is 0 Å². The van der Waals surface area contributed by atoms with Crippen LogP contribution in [0.3, 0.4) is 0 Å². The van der Waals surface area contributed by atoms with Gasteiger partial charge in [-0.05, 0) is 41.0 Å². The van der Waals surface area contributed by atoms with Gasteiger partial charge in [-0.2, -0.15) is 5.10 Å². The normalized spacial score (nSPS) is 13.8. The second kappa shape index (κ2) is 7.20. The van der Waals surface area contributed by atoms with Gasteiger partial charge in [-0.3, -0.25) is 4.68 Å². The maximum Gasteiger partial charge on any atom is 0.0644 e. The molecule has 0 spiro atoms. The third-order valence-corrected chi connectivity index (χ3v) is 3.82. The predicted octanol–water partition coefficient (Wildman–Crippen LogP) is 1.79. The molecular weight excluding hydrogens is 254 g/mol. The summed E-state index contributed by atoms with van der Waals surface area (Å²) in [5.74, 6) is 0. The number of hydrogen-bond acceptors (Lipinski definition) is 4. The summed E-state index contributed by atoms with van der Waals surface area (Å²) in [5, 5.41) is 17.0. The number of ether oxygens (including phenoxy) is 1. The van der Waals surface area contributed by atoms with Gasteiger partial charge in [-0.1, -0.05) is 0 Å². The van der Waals surface area contributed by atoms with Gasteiger partial charge in [0.1, 0.15) is 0 Å². The Bertz CT molecular complexity index is 427. The lowest BCUT2D eigenvalue weighted by molar-refractivity contribution is 0.00844. The van der Waals surface area contributed by atoms with E-state index in [9.17, 15) is 0 Å². The van der Waals surface area contributed by atoms with Gasteiger partial charge in [0.15, 0.2) is 0 Å². The van der Waals surface area contributed by atoms with E-state index in [1.807, 2.05) is 11.6 Å². The molecule has 1 unspecified atom stereocenters. The molecular formula is C15H29N3O2. The van der Waals surface area contributed by atoms with Crippen molar-refractivity contribution in [2.24, 2.45) is 0 Å². The zero-order valence-electron chi connectivity index (χ0n) is 13.7. The lowest BCUT2D eigenvalue weighted by Gasteiger charge is -2.27. The van der Waals surface area contributed by atoms with Gasteiger partial charge >= 0.3 is 0 Å². The molecule has 2 N–H and O–H groups in total. The standard InChI is InChI=1S/C15H29N3O2/c1-11(9-15(4,5)20-6)16-10-14-12(2)17-18(7-8-19)13(14)3/h11,16,19H,7-10H2,1-6H3. The number of aromatic nitrogens is 2. The molecule has 20 heavy (non-hydrogen) atoms. The minimum Gasteiger partial charge on any atom is -0.394 e. The number of methoxy groups -OCH3 is 1. The number of hydrogen-bond donors (Lipinski definition) is 2. The minimum atomic E-state index is -0.114. The number of aliphatic hydroxyl groups is 1. The third-order valence-electron chi connectivity index (χ3n) is 3.82. The van der Waals surface area contributed by atoms with Gasteiger partial charge in [-0.15, -0.1) is 0 Å². The van der Waals surface area contributed by atoms with Crippen LogP contribution in [0.4, 0.5) is 0 Å². The first-order valence-corrected chi connectivity index (χ1v) is 7.23. The molecule has 0 fully saturated rings. The van der Waals surface area contributed by atoms with Crippen molar-refractivity contribution in [3.05, 3.63) is 17.0 Å². The highest BCUT2D eigenvalue weighted by Gasteiger charge is 2.20. The summed E-state index contributed by atoms with van der Waals surface area (Å²) in [5.41, 5.74) is 3.27. The summed E-state index contributed by atoms with van der Waals surface area (Å²) < 4.78 is 7.33. The van der Waals surface area contributed by atoms with Crippen molar-refractivity contribution in [3.8, 4) is 0 Å². The molecule has 0 saturated heterocycles. The molecule has 0 aliphatic carbocycles. The lowest BCUT2D eigenvalue weighted by Crippen LogP contribution is -2.35. The first kappa shape index (κ1) is 17.1. The van der Waals surface area contributed by atoms with Gasteiger partial charge in [0.25, 0.3) is 0 Å². The van der Waals surface area contributed by atoms with E-state index in [0.29, 0.717) is 12.6 Å². The number of aryl methyl sites for hydroxylation is 1. The van der Waals surface area contributed by atoms with E-state index in [1.54, 1.807) is 7.11 Å². The summed E-state index contributed by atoms with van der Waals surface area (Å²) in [4.78, 5) is 0. The van der Waals surface area contributed by atoms with E-state index in [4.69, 9.17) is 9.84 Å².